The lowest BCUT2D eigenvalue weighted by Gasteiger charge is -2.35. The Kier molecular flexibility index (Phi) is 8.28. The van der Waals surface area contributed by atoms with Crippen molar-refractivity contribution >= 4 is 15.9 Å². The van der Waals surface area contributed by atoms with Crippen molar-refractivity contribution in [2.45, 2.75) is 50.9 Å². The number of benzene rings is 3. The van der Waals surface area contributed by atoms with Gasteiger partial charge in [0.1, 0.15) is 11.5 Å². The van der Waals surface area contributed by atoms with Gasteiger partial charge in [-0.2, -0.15) is 0 Å². The highest BCUT2D eigenvalue weighted by Gasteiger charge is 2.32. The predicted octanol–water partition coefficient (Wildman–Crippen LogP) is 7.89. The van der Waals surface area contributed by atoms with Crippen molar-refractivity contribution in [2.24, 2.45) is 0 Å². The van der Waals surface area contributed by atoms with Crippen LogP contribution in [0.15, 0.2) is 72.8 Å². The molecule has 0 N–H and O–H groups in total. The Morgan fingerprint density at radius 2 is 1.53 bits per heavy atom. The van der Waals surface area contributed by atoms with Gasteiger partial charge in [0.05, 0.1) is 13.2 Å². The maximum absolute atomic E-state index is 6.01. The van der Waals surface area contributed by atoms with Gasteiger partial charge in [0.25, 0.3) is 0 Å². The lowest BCUT2D eigenvalue weighted by Crippen LogP contribution is -2.20. The molecule has 2 nitrogen and oxygen atoms in total. The molecule has 1 aliphatic carbocycles. The molecule has 2 atom stereocenters. The predicted molar refractivity (Wildman–Crippen MR) is 137 cm³/mol. The fraction of sp³-hybridized carbons (Fsp3) is 0.379. The molecule has 3 heteroatoms. The zero-order valence-corrected chi connectivity index (χ0v) is 20.5. The number of alkyl halides is 1. The first-order valence-electron chi connectivity index (χ1n) is 11.9. The monoisotopic (exact) mass is 492 g/mol. The smallest absolute Gasteiger partial charge is 0.119 e. The van der Waals surface area contributed by atoms with Gasteiger partial charge in [-0.05, 0) is 78.1 Å². The minimum absolute atomic E-state index is 0.336. The first-order chi connectivity index (χ1) is 15.8. The van der Waals surface area contributed by atoms with E-state index in [0.29, 0.717) is 11.8 Å². The first-order valence-corrected chi connectivity index (χ1v) is 13.0. The zero-order valence-electron chi connectivity index (χ0n) is 18.9. The minimum atomic E-state index is 0.336. The van der Waals surface area contributed by atoms with Crippen LogP contribution in [-0.2, 0) is 6.42 Å². The number of aryl methyl sites for hydroxylation is 1. The van der Waals surface area contributed by atoms with Crippen molar-refractivity contribution in [2.75, 3.05) is 18.5 Å². The highest BCUT2D eigenvalue weighted by molar-refractivity contribution is 9.09. The topological polar surface area (TPSA) is 18.5 Å². The average Bonchev–Trinajstić information content (AvgIpc) is 2.85. The Morgan fingerprint density at radius 1 is 0.812 bits per heavy atom. The molecular formula is C29H33BrO2. The third-order valence-electron chi connectivity index (χ3n) is 6.36. The molecule has 1 unspecified atom stereocenters. The van der Waals surface area contributed by atoms with E-state index < -0.39 is 0 Å². The highest BCUT2D eigenvalue weighted by Crippen LogP contribution is 2.47. The van der Waals surface area contributed by atoms with E-state index in [0.717, 1.165) is 62.1 Å². The second-order valence-corrected chi connectivity index (χ2v) is 9.35. The van der Waals surface area contributed by atoms with Gasteiger partial charge in [-0.25, -0.2) is 0 Å². The van der Waals surface area contributed by atoms with E-state index in [-0.39, 0.29) is 0 Å². The number of unbranched alkanes of at least 4 members (excludes halogenated alkanes) is 1. The number of hydrogen-bond acceptors (Lipinski definition) is 2. The van der Waals surface area contributed by atoms with Gasteiger partial charge in [0, 0.05) is 11.2 Å². The van der Waals surface area contributed by atoms with E-state index in [1.807, 2.05) is 0 Å². The molecule has 0 saturated heterocycles. The summed E-state index contributed by atoms with van der Waals surface area (Å²) in [6, 6.07) is 26.5. The van der Waals surface area contributed by atoms with Crippen molar-refractivity contribution in [3.63, 3.8) is 0 Å². The van der Waals surface area contributed by atoms with Crippen LogP contribution in [0.5, 0.6) is 11.5 Å². The maximum Gasteiger partial charge on any atom is 0.119 e. The molecule has 0 bridgehead atoms. The van der Waals surface area contributed by atoms with E-state index in [2.05, 4.69) is 95.7 Å². The van der Waals surface area contributed by atoms with Gasteiger partial charge >= 0.3 is 0 Å². The molecule has 32 heavy (non-hydrogen) atoms. The van der Waals surface area contributed by atoms with Crippen LogP contribution in [0, 0.1) is 0 Å². The van der Waals surface area contributed by atoms with Crippen LogP contribution in [0.25, 0.3) is 0 Å². The molecule has 4 rings (SSSR count). The molecule has 0 aliphatic heterocycles. The Balaban J connectivity index is 1.64. The Morgan fingerprint density at radius 3 is 2.28 bits per heavy atom. The summed E-state index contributed by atoms with van der Waals surface area (Å²) in [6.07, 6.45) is 5.49. The quantitative estimate of drug-likeness (QED) is 0.211. The standard InChI is InChI=1S/C29H33BrO2/c1-2-3-19-32-26-15-17-28-24(21-26)12-16-27(22-8-5-4-6-9-22)29(28)23-10-13-25(14-11-23)31-20-7-18-30/h4-6,8-11,13-15,17,21,27,29H,2-3,7,12,16,18-20H2,1H3/t27-,29?/m1/s1. The Labute approximate surface area is 201 Å². The van der Waals surface area contributed by atoms with E-state index in [4.69, 9.17) is 9.47 Å². The zero-order chi connectivity index (χ0) is 22.2. The number of hydrogen-bond donors (Lipinski definition) is 0. The molecule has 3 aromatic rings. The normalized spacial score (nSPS) is 17.6. The molecule has 0 heterocycles. The summed E-state index contributed by atoms with van der Waals surface area (Å²) in [6.45, 7) is 3.73. The van der Waals surface area contributed by atoms with Crippen molar-refractivity contribution in [3.05, 3.63) is 95.1 Å². The lowest BCUT2D eigenvalue weighted by atomic mass is 9.69. The van der Waals surface area contributed by atoms with Gasteiger partial charge in [-0.15, -0.1) is 0 Å². The van der Waals surface area contributed by atoms with Gasteiger partial charge in [0.2, 0.25) is 0 Å². The summed E-state index contributed by atoms with van der Waals surface area (Å²) < 4.78 is 11.9. The van der Waals surface area contributed by atoms with Crippen molar-refractivity contribution in [1.82, 2.24) is 0 Å². The molecule has 0 aromatic heterocycles. The number of halogens is 1. The summed E-state index contributed by atoms with van der Waals surface area (Å²) in [5, 5.41) is 0.965. The maximum atomic E-state index is 6.01. The van der Waals surface area contributed by atoms with E-state index in [1.54, 1.807) is 0 Å². The van der Waals surface area contributed by atoms with Gasteiger partial charge in [-0.3, -0.25) is 0 Å². The highest BCUT2D eigenvalue weighted by atomic mass is 79.9. The molecule has 1 aliphatic rings. The van der Waals surface area contributed by atoms with Crippen LogP contribution in [0.4, 0.5) is 0 Å². The van der Waals surface area contributed by atoms with Gasteiger partial charge in [-0.1, -0.05) is 77.8 Å². The van der Waals surface area contributed by atoms with Crippen molar-refractivity contribution in [1.29, 1.82) is 0 Å². The number of fused-ring (bicyclic) bond motifs is 1. The first kappa shape index (κ1) is 22.9. The van der Waals surface area contributed by atoms with E-state index >= 15 is 0 Å². The number of ether oxygens (including phenoxy) is 2. The largest absolute Gasteiger partial charge is 0.494 e. The summed E-state index contributed by atoms with van der Waals surface area (Å²) in [7, 11) is 0. The second kappa shape index (κ2) is 11.6. The van der Waals surface area contributed by atoms with Crippen molar-refractivity contribution < 1.29 is 9.47 Å². The molecule has 0 amide bonds. The fourth-order valence-corrected chi connectivity index (χ4v) is 4.94. The Bertz CT molecular complexity index is 968. The van der Waals surface area contributed by atoms with Crippen LogP contribution in [0.2, 0.25) is 0 Å². The molecule has 0 saturated carbocycles. The van der Waals surface area contributed by atoms with Gasteiger partial charge < -0.3 is 9.47 Å². The Hall–Kier alpha value is -2.26. The van der Waals surface area contributed by atoms with E-state index in [1.165, 1.54) is 22.3 Å². The third-order valence-corrected chi connectivity index (χ3v) is 6.92. The minimum Gasteiger partial charge on any atom is -0.494 e. The fourth-order valence-electron chi connectivity index (χ4n) is 4.71. The lowest BCUT2D eigenvalue weighted by molar-refractivity contribution is 0.308. The van der Waals surface area contributed by atoms with Gasteiger partial charge in [0.15, 0.2) is 0 Å². The average molecular weight is 493 g/mol. The molecule has 0 fully saturated rings. The summed E-state index contributed by atoms with van der Waals surface area (Å²) in [5.74, 6) is 2.75. The van der Waals surface area contributed by atoms with Crippen molar-refractivity contribution in [3.8, 4) is 11.5 Å². The molecule has 0 radical (unpaired) electrons. The summed E-state index contributed by atoms with van der Waals surface area (Å²) >= 11 is 3.46. The molecule has 168 valence electrons. The van der Waals surface area contributed by atoms with Crippen LogP contribution in [-0.4, -0.2) is 18.5 Å². The van der Waals surface area contributed by atoms with Crippen LogP contribution in [0.3, 0.4) is 0 Å². The van der Waals surface area contributed by atoms with Crippen LogP contribution < -0.4 is 9.47 Å². The molecule has 3 aromatic carbocycles. The SMILES string of the molecule is CCCCOc1ccc2c(c1)CC[C@H](c1ccccc1)C2c1ccc(OCCCBr)cc1. The third kappa shape index (κ3) is 5.56. The van der Waals surface area contributed by atoms with Crippen LogP contribution in [0.1, 0.15) is 66.7 Å². The van der Waals surface area contributed by atoms with E-state index in [9.17, 15) is 0 Å². The molecular weight excluding hydrogens is 460 g/mol. The van der Waals surface area contributed by atoms with Crippen LogP contribution >= 0.6 is 15.9 Å². The summed E-state index contributed by atoms with van der Waals surface area (Å²) in [4.78, 5) is 0. The summed E-state index contributed by atoms with van der Waals surface area (Å²) in [5.41, 5.74) is 5.63. The number of rotatable bonds is 10. The second-order valence-electron chi connectivity index (χ2n) is 8.56. The molecule has 0 spiro atoms.